The number of nitrogens with one attached hydrogen (secondary N) is 2. The number of rotatable bonds is 4. The van der Waals surface area contributed by atoms with Crippen molar-refractivity contribution < 1.29 is 18.3 Å². The molecule has 2 aromatic heterocycles. The van der Waals surface area contributed by atoms with Gasteiger partial charge >= 0.3 is 6.18 Å². The van der Waals surface area contributed by atoms with Gasteiger partial charge in [0.25, 0.3) is 0 Å². The van der Waals surface area contributed by atoms with Gasteiger partial charge in [-0.05, 0) is 17.7 Å². The molecule has 98 valence electrons. The molecule has 0 spiro atoms. The second-order valence-electron chi connectivity index (χ2n) is 3.90. The molecule has 0 aromatic carbocycles. The molecular weight excluding hydrogens is 247 g/mol. The monoisotopic (exact) mass is 259 g/mol. The summed E-state index contributed by atoms with van der Waals surface area (Å²) >= 11 is 0. The SMILES string of the molecule is OC(CNCc1c[nH]c2ncccc12)C(F)(F)F. The molecule has 0 saturated carbocycles. The van der Waals surface area contributed by atoms with E-state index in [2.05, 4.69) is 15.3 Å². The van der Waals surface area contributed by atoms with Gasteiger partial charge < -0.3 is 15.4 Å². The Morgan fingerprint density at radius 2 is 2.22 bits per heavy atom. The molecule has 1 atom stereocenters. The first-order valence-electron chi connectivity index (χ1n) is 5.35. The number of alkyl halides is 3. The quantitative estimate of drug-likeness (QED) is 0.781. The van der Waals surface area contributed by atoms with Crippen LogP contribution in [0.25, 0.3) is 11.0 Å². The van der Waals surface area contributed by atoms with E-state index in [0.717, 1.165) is 10.9 Å². The van der Waals surface area contributed by atoms with Crippen LogP contribution in [0.2, 0.25) is 0 Å². The van der Waals surface area contributed by atoms with Gasteiger partial charge in [0.1, 0.15) is 5.65 Å². The summed E-state index contributed by atoms with van der Waals surface area (Å²) in [7, 11) is 0. The fourth-order valence-electron chi connectivity index (χ4n) is 1.62. The van der Waals surface area contributed by atoms with Gasteiger partial charge in [0.05, 0.1) is 0 Å². The number of nitrogens with zero attached hydrogens (tertiary/aromatic N) is 1. The molecule has 3 N–H and O–H groups in total. The minimum absolute atomic E-state index is 0.235. The van der Waals surface area contributed by atoms with Crippen molar-refractivity contribution in [3.63, 3.8) is 0 Å². The summed E-state index contributed by atoms with van der Waals surface area (Å²) in [4.78, 5) is 6.99. The summed E-state index contributed by atoms with van der Waals surface area (Å²) in [5, 5.41) is 12.2. The van der Waals surface area contributed by atoms with E-state index < -0.39 is 18.8 Å². The number of pyridine rings is 1. The number of H-pyrrole nitrogens is 1. The van der Waals surface area contributed by atoms with E-state index in [1.165, 1.54) is 0 Å². The molecule has 18 heavy (non-hydrogen) atoms. The first-order valence-corrected chi connectivity index (χ1v) is 5.35. The summed E-state index contributed by atoms with van der Waals surface area (Å²) in [6, 6.07) is 3.58. The molecule has 2 heterocycles. The van der Waals surface area contributed by atoms with Crippen LogP contribution in [0.15, 0.2) is 24.5 Å². The second-order valence-corrected chi connectivity index (χ2v) is 3.90. The lowest BCUT2D eigenvalue weighted by Gasteiger charge is -2.14. The van der Waals surface area contributed by atoms with Crippen LogP contribution in [0, 0.1) is 0 Å². The minimum atomic E-state index is -4.59. The van der Waals surface area contributed by atoms with Crippen molar-refractivity contribution in [2.45, 2.75) is 18.8 Å². The van der Waals surface area contributed by atoms with E-state index in [1.807, 2.05) is 6.07 Å². The molecule has 0 aliphatic carbocycles. The third kappa shape index (κ3) is 2.80. The zero-order chi connectivity index (χ0) is 13.2. The number of fused-ring (bicyclic) bond motifs is 1. The average molecular weight is 259 g/mol. The maximum absolute atomic E-state index is 12.1. The van der Waals surface area contributed by atoms with Gasteiger partial charge in [-0.15, -0.1) is 0 Å². The normalized spacial score (nSPS) is 14.0. The summed E-state index contributed by atoms with van der Waals surface area (Å²) in [5.74, 6) is 0. The largest absolute Gasteiger partial charge is 0.415 e. The Hall–Kier alpha value is -1.60. The first kappa shape index (κ1) is 12.8. The van der Waals surface area contributed by atoms with Crippen molar-refractivity contribution in [2.75, 3.05) is 6.54 Å². The molecule has 2 rings (SSSR count). The highest BCUT2D eigenvalue weighted by Gasteiger charge is 2.37. The zero-order valence-corrected chi connectivity index (χ0v) is 9.33. The van der Waals surface area contributed by atoms with Crippen molar-refractivity contribution in [3.8, 4) is 0 Å². The average Bonchev–Trinajstić information content (AvgIpc) is 2.71. The lowest BCUT2D eigenvalue weighted by molar-refractivity contribution is -0.201. The molecule has 0 fully saturated rings. The van der Waals surface area contributed by atoms with Crippen molar-refractivity contribution in [1.82, 2.24) is 15.3 Å². The Balaban J connectivity index is 1.95. The number of aliphatic hydroxyl groups is 1. The predicted octanol–water partition coefficient (Wildman–Crippen LogP) is 1.58. The molecule has 0 saturated heterocycles. The van der Waals surface area contributed by atoms with Crippen LogP contribution in [-0.2, 0) is 6.54 Å². The highest BCUT2D eigenvalue weighted by molar-refractivity contribution is 5.79. The lowest BCUT2D eigenvalue weighted by atomic mass is 10.2. The van der Waals surface area contributed by atoms with Crippen LogP contribution in [0.3, 0.4) is 0 Å². The van der Waals surface area contributed by atoms with Crippen molar-refractivity contribution in [3.05, 3.63) is 30.1 Å². The van der Waals surface area contributed by atoms with E-state index in [0.29, 0.717) is 5.65 Å². The van der Waals surface area contributed by atoms with E-state index in [9.17, 15) is 13.2 Å². The standard InChI is InChI=1S/C11H12F3N3O/c12-11(13,14)9(18)6-15-4-7-5-17-10-8(7)2-1-3-16-10/h1-3,5,9,15,18H,4,6H2,(H,16,17). The number of halogens is 3. The summed E-state index contributed by atoms with van der Waals surface area (Å²) in [5.41, 5.74) is 1.50. The third-order valence-electron chi connectivity index (χ3n) is 2.57. The smallest absolute Gasteiger partial charge is 0.382 e. The Morgan fingerprint density at radius 1 is 1.44 bits per heavy atom. The Morgan fingerprint density at radius 3 is 2.94 bits per heavy atom. The van der Waals surface area contributed by atoms with Crippen molar-refractivity contribution in [2.24, 2.45) is 0 Å². The van der Waals surface area contributed by atoms with Gasteiger partial charge in [-0.3, -0.25) is 0 Å². The lowest BCUT2D eigenvalue weighted by Crippen LogP contribution is -2.38. The van der Waals surface area contributed by atoms with E-state index in [4.69, 9.17) is 5.11 Å². The third-order valence-corrected chi connectivity index (χ3v) is 2.57. The van der Waals surface area contributed by atoms with Gasteiger partial charge in [0, 0.05) is 30.9 Å². The Bertz CT molecular complexity index is 523. The molecule has 0 aliphatic heterocycles. The molecule has 0 aliphatic rings. The zero-order valence-electron chi connectivity index (χ0n) is 9.33. The number of hydrogen-bond acceptors (Lipinski definition) is 3. The molecule has 0 bridgehead atoms. The van der Waals surface area contributed by atoms with Gasteiger partial charge in [-0.25, -0.2) is 4.98 Å². The van der Waals surface area contributed by atoms with E-state index >= 15 is 0 Å². The number of aromatic nitrogens is 2. The van der Waals surface area contributed by atoms with E-state index in [-0.39, 0.29) is 6.54 Å². The van der Waals surface area contributed by atoms with Crippen LogP contribution in [-0.4, -0.2) is 33.9 Å². The number of hydrogen-bond donors (Lipinski definition) is 3. The molecule has 2 aromatic rings. The highest BCUT2D eigenvalue weighted by atomic mass is 19.4. The number of aromatic amines is 1. The van der Waals surface area contributed by atoms with Crippen LogP contribution < -0.4 is 5.32 Å². The molecule has 7 heteroatoms. The molecule has 0 amide bonds. The maximum Gasteiger partial charge on any atom is 0.415 e. The van der Waals surface area contributed by atoms with Crippen LogP contribution in [0.4, 0.5) is 13.2 Å². The van der Waals surface area contributed by atoms with Gasteiger partial charge in [0.15, 0.2) is 6.10 Å². The summed E-state index contributed by atoms with van der Waals surface area (Å²) < 4.78 is 36.2. The first-order chi connectivity index (χ1) is 8.48. The molecule has 1 unspecified atom stereocenters. The Kier molecular flexibility index (Phi) is 3.53. The van der Waals surface area contributed by atoms with Gasteiger partial charge in [0.2, 0.25) is 0 Å². The Labute approximate surface area is 101 Å². The maximum atomic E-state index is 12.1. The molecule has 0 radical (unpaired) electrons. The van der Waals surface area contributed by atoms with Crippen LogP contribution >= 0.6 is 0 Å². The fourth-order valence-corrected chi connectivity index (χ4v) is 1.62. The van der Waals surface area contributed by atoms with Crippen LogP contribution in [0.1, 0.15) is 5.56 Å². The number of aliphatic hydroxyl groups excluding tert-OH is 1. The molecular formula is C11H12F3N3O. The predicted molar refractivity (Wildman–Crippen MR) is 59.9 cm³/mol. The summed E-state index contributed by atoms with van der Waals surface area (Å²) in [6.45, 7) is -0.296. The fraction of sp³-hybridized carbons (Fsp3) is 0.364. The van der Waals surface area contributed by atoms with Crippen molar-refractivity contribution >= 4 is 11.0 Å². The minimum Gasteiger partial charge on any atom is -0.382 e. The topological polar surface area (TPSA) is 60.9 Å². The summed E-state index contributed by atoms with van der Waals surface area (Å²) in [6.07, 6.45) is -3.62. The van der Waals surface area contributed by atoms with Gasteiger partial charge in [-0.2, -0.15) is 13.2 Å². The van der Waals surface area contributed by atoms with E-state index in [1.54, 1.807) is 18.5 Å². The second kappa shape index (κ2) is 4.95. The highest BCUT2D eigenvalue weighted by Crippen LogP contribution is 2.19. The van der Waals surface area contributed by atoms with Gasteiger partial charge in [-0.1, -0.05) is 0 Å². The van der Waals surface area contributed by atoms with Crippen LogP contribution in [0.5, 0.6) is 0 Å². The molecule has 4 nitrogen and oxygen atoms in total. The van der Waals surface area contributed by atoms with Crippen molar-refractivity contribution in [1.29, 1.82) is 0 Å².